The summed E-state index contributed by atoms with van der Waals surface area (Å²) in [5, 5.41) is 0. The fourth-order valence-electron chi connectivity index (χ4n) is 4.22. The number of hydrogen-bond donors (Lipinski definition) is 0. The zero-order valence-corrected chi connectivity index (χ0v) is 17.0. The summed E-state index contributed by atoms with van der Waals surface area (Å²) < 4.78 is 2.05. The third-order valence-electron chi connectivity index (χ3n) is 5.87. The molecule has 5 rings (SSSR count). The van der Waals surface area contributed by atoms with Crippen molar-refractivity contribution >= 4 is 16.9 Å². The molecular formula is C25H24N4O. The van der Waals surface area contributed by atoms with Gasteiger partial charge in [0.1, 0.15) is 6.33 Å². The minimum absolute atomic E-state index is 0.0646. The van der Waals surface area contributed by atoms with Crippen molar-refractivity contribution in [1.82, 2.24) is 19.4 Å². The molecule has 4 aromatic rings. The highest BCUT2D eigenvalue weighted by atomic mass is 16.2. The molecule has 5 nitrogen and oxygen atoms in total. The molecule has 0 aliphatic carbocycles. The second kappa shape index (κ2) is 7.76. The van der Waals surface area contributed by atoms with Gasteiger partial charge in [-0.25, -0.2) is 4.98 Å². The number of likely N-dealkylation sites (N-methyl/N-ethyl adjacent to an activating group) is 1. The number of carbonyl (C=O) groups is 1. The zero-order valence-electron chi connectivity index (χ0n) is 17.0. The van der Waals surface area contributed by atoms with Gasteiger partial charge in [-0.15, -0.1) is 0 Å². The van der Waals surface area contributed by atoms with Crippen LogP contribution in [0.15, 0.2) is 85.2 Å². The Hall–Kier alpha value is -3.44. The van der Waals surface area contributed by atoms with E-state index in [1.54, 1.807) is 0 Å². The van der Waals surface area contributed by atoms with Gasteiger partial charge in [0.05, 0.1) is 17.1 Å². The molecule has 1 aromatic heterocycles. The Morgan fingerprint density at radius 3 is 2.43 bits per heavy atom. The molecule has 5 heteroatoms. The Balaban J connectivity index is 1.43. The second-order valence-corrected chi connectivity index (χ2v) is 7.84. The summed E-state index contributed by atoms with van der Waals surface area (Å²) in [5.41, 5.74) is 4.91. The summed E-state index contributed by atoms with van der Waals surface area (Å²) in [6.45, 7) is 2.45. The minimum Gasteiger partial charge on any atom is -0.329 e. The van der Waals surface area contributed by atoms with E-state index in [-0.39, 0.29) is 11.9 Å². The SMILES string of the molecule is CN1CCN(C(=O)c2ccc(-n3cnc4ccccc43)cc2)[C@@H](c2ccccc2)C1. The van der Waals surface area contributed by atoms with Crippen molar-refractivity contribution < 1.29 is 4.79 Å². The predicted molar refractivity (Wildman–Crippen MR) is 119 cm³/mol. The zero-order chi connectivity index (χ0) is 20.5. The van der Waals surface area contributed by atoms with Gasteiger partial charge in [0.25, 0.3) is 5.91 Å². The van der Waals surface area contributed by atoms with Gasteiger partial charge in [0.15, 0.2) is 0 Å². The number of para-hydroxylation sites is 2. The third-order valence-corrected chi connectivity index (χ3v) is 5.87. The van der Waals surface area contributed by atoms with Crippen LogP contribution in [-0.2, 0) is 0 Å². The number of rotatable bonds is 3. The molecule has 0 saturated carbocycles. The summed E-state index contributed by atoms with van der Waals surface area (Å²) >= 11 is 0. The number of fused-ring (bicyclic) bond motifs is 1. The number of nitrogens with zero attached hydrogens (tertiary/aromatic N) is 4. The van der Waals surface area contributed by atoms with E-state index in [0.29, 0.717) is 5.56 Å². The monoisotopic (exact) mass is 396 g/mol. The van der Waals surface area contributed by atoms with Gasteiger partial charge in [0, 0.05) is 30.9 Å². The van der Waals surface area contributed by atoms with Gasteiger partial charge in [-0.1, -0.05) is 42.5 Å². The maximum absolute atomic E-state index is 13.4. The Kier molecular flexibility index (Phi) is 4.81. The fourth-order valence-corrected chi connectivity index (χ4v) is 4.22. The highest BCUT2D eigenvalue weighted by Crippen LogP contribution is 2.27. The van der Waals surface area contributed by atoms with E-state index in [2.05, 4.69) is 35.1 Å². The topological polar surface area (TPSA) is 41.4 Å². The van der Waals surface area contributed by atoms with E-state index in [9.17, 15) is 4.79 Å². The molecule has 1 aliphatic rings. The van der Waals surface area contributed by atoms with Crippen LogP contribution in [0.5, 0.6) is 0 Å². The standard InChI is InChI=1S/C25H24N4O/c1-27-15-16-28(24(17-27)19-7-3-2-4-8-19)25(30)20-11-13-21(14-12-20)29-18-26-22-9-5-6-10-23(22)29/h2-14,18,24H,15-17H2,1H3/t24-/m1/s1. The Labute approximate surface area is 176 Å². The number of aromatic nitrogens is 2. The van der Waals surface area contributed by atoms with Gasteiger partial charge in [-0.2, -0.15) is 0 Å². The lowest BCUT2D eigenvalue weighted by Gasteiger charge is -2.40. The van der Waals surface area contributed by atoms with E-state index < -0.39 is 0 Å². The number of imidazole rings is 1. The van der Waals surface area contributed by atoms with Crippen molar-refractivity contribution in [3.63, 3.8) is 0 Å². The van der Waals surface area contributed by atoms with E-state index in [1.165, 1.54) is 5.56 Å². The molecule has 0 N–H and O–H groups in total. The molecule has 0 bridgehead atoms. The highest BCUT2D eigenvalue weighted by Gasteiger charge is 2.30. The van der Waals surface area contributed by atoms with E-state index in [1.807, 2.05) is 76.5 Å². The van der Waals surface area contributed by atoms with Crippen LogP contribution in [0, 0.1) is 0 Å². The van der Waals surface area contributed by atoms with E-state index >= 15 is 0 Å². The number of carbonyl (C=O) groups excluding carboxylic acids is 1. The molecule has 1 fully saturated rings. The second-order valence-electron chi connectivity index (χ2n) is 7.84. The molecule has 30 heavy (non-hydrogen) atoms. The first-order valence-electron chi connectivity index (χ1n) is 10.3. The Morgan fingerprint density at radius 1 is 0.900 bits per heavy atom. The van der Waals surface area contributed by atoms with Crippen LogP contribution in [0.25, 0.3) is 16.7 Å². The predicted octanol–water partition coefficient (Wildman–Crippen LogP) is 4.15. The number of piperazine rings is 1. The number of benzene rings is 3. The summed E-state index contributed by atoms with van der Waals surface area (Å²) in [6.07, 6.45) is 1.83. The Bertz CT molecular complexity index is 1170. The molecule has 1 aliphatic heterocycles. The van der Waals surface area contributed by atoms with E-state index in [4.69, 9.17) is 0 Å². The van der Waals surface area contributed by atoms with Crippen LogP contribution in [0.2, 0.25) is 0 Å². The number of amides is 1. The lowest BCUT2D eigenvalue weighted by atomic mass is 10.0. The van der Waals surface area contributed by atoms with Crippen molar-refractivity contribution in [3.8, 4) is 5.69 Å². The maximum Gasteiger partial charge on any atom is 0.254 e. The van der Waals surface area contributed by atoms with Crippen LogP contribution in [0.1, 0.15) is 22.0 Å². The first kappa shape index (κ1) is 18.6. The van der Waals surface area contributed by atoms with Crippen molar-refractivity contribution in [2.24, 2.45) is 0 Å². The largest absolute Gasteiger partial charge is 0.329 e. The van der Waals surface area contributed by atoms with Gasteiger partial charge >= 0.3 is 0 Å². The van der Waals surface area contributed by atoms with Gasteiger partial charge in [-0.3, -0.25) is 9.36 Å². The Morgan fingerprint density at radius 2 is 1.63 bits per heavy atom. The van der Waals surface area contributed by atoms with Crippen LogP contribution in [0.3, 0.4) is 0 Å². The van der Waals surface area contributed by atoms with Crippen molar-refractivity contribution in [2.75, 3.05) is 26.7 Å². The molecule has 0 unspecified atom stereocenters. The molecule has 1 amide bonds. The number of hydrogen-bond acceptors (Lipinski definition) is 3. The quantitative estimate of drug-likeness (QED) is 0.522. The first-order valence-corrected chi connectivity index (χ1v) is 10.3. The van der Waals surface area contributed by atoms with Crippen LogP contribution in [0.4, 0.5) is 0 Å². The summed E-state index contributed by atoms with van der Waals surface area (Å²) in [6, 6.07) is 26.3. The molecule has 0 spiro atoms. The molecular weight excluding hydrogens is 372 g/mol. The van der Waals surface area contributed by atoms with Crippen LogP contribution in [-0.4, -0.2) is 51.9 Å². The molecule has 3 aromatic carbocycles. The fraction of sp³-hybridized carbons (Fsp3) is 0.200. The molecule has 0 radical (unpaired) electrons. The van der Waals surface area contributed by atoms with Gasteiger partial charge in [-0.05, 0) is 49.0 Å². The molecule has 150 valence electrons. The minimum atomic E-state index is 0.0646. The average molecular weight is 396 g/mol. The molecule has 2 heterocycles. The van der Waals surface area contributed by atoms with Crippen molar-refractivity contribution in [2.45, 2.75) is 6.04 Å². The smallest absolute Gasteiger partial charge is 0.254 e. The van der Waals surface area contributed by atoms with Crippen molar-refractivity contribution in [1.29, 1.82) is 0 Å². The highest BCUT2D eigenvalue weighted by molar-refractivity contribution is 5.95. The summed E-state index contributed by atoms with van der Waals surface area (Å²) in [5.74, 6) is 0.0824. The van der Waals surface area contributed by atoms with Gasteiger partial charge in [0.2, 0.25) is 0 Å². The molecule has 1 atom stereocenters. The lowest BCUT2D eigenvalue weighted by molar-refractivity contribution is 0.0498. The van der Waals surface area contributed by atoms with Crippen molar-refractivity contribution in [3.05, 3.63) is 96.3 Å². The molecule has 1 saturated heterocycles. The normalized spacial score (nSPS) is 17.4. The van der Waals surface area contributed by atoms with E-state index in [0.717, 1.165) is 36.4 Å². The van der Waals surface area contributed by atoms with Crippen LogP contribution >= 0.6 is 0 Å². The summed E-state index contributed by atoms with van der Waals surface area (Å²) in [7, 11) is 2.11. The average Bonchev–Trinajstić information content (AvgIpc) is 3.23. The lowest BCUT2D eigenvalue weighted by Crippen LogP contribution is -2.49. The van der Waals surface area contributed by atoms with Crippen LogP contribution < -0.4 is 0 Å². The first-order chi connectivity index (χ1) is 14.7. The maximum atomic E-state index is 13.4. The van der Waals surface area contributed by atoms with Gasteiger partial charge < -0.3 is 9.80 Å². The summed E-state index contributed by atoms with van der Waals surface area (Å²) in [4.78, 5) is 22.1. The third kappa shape index (κ3) is 3.37.